The van der Waals surface area contributed by atoms with Crippen LogP contribution in [0.3, 0.4) is 0 Å². The zero-order valence-corrected chi connectivity index (χ0v) is 34.2. The van der Waals surface area contributed by atoms with Crippen molar-refractivity contribution in [2.75, 3.05) is 4.90 Å². The van der Waals surface area contributed by atoms with Crippen LogP contribution in [0.2, 0.25) is 0 Å². The lowest BCUT2D eigenvalue weighted by Gasteiger charge is -2.38. The van der Waals surface area contributed by atoms with Crippen molar-refractivity contribution in [3.63, 3.8) is 0 Å². The molecule has 6 aliphatic carbocycles. The van der Waals surface area contributed by atoms with E-state index in [0.717, 1.165) is 67.2 Å². The second-order valence-corrected chi connectivity index (χ2v) is 17.2. The first kappa shape index (κ1) is 36.7. The molecule has 0 spiro atoms. The van der Waals surface area contributed by atoms with Crippen LogP contribution in [-0.2, 0) is 0 Å². The molecule has 2 heteroatoms. The van der Waals surface area contributed by atoms with Gasteiger partial charge in [0.1, 0.15) is 5.58 Å². The van der Waals surface area contributed by atoms with Crippen molar-refractivity contribution >= 4 is 33.2 Å². The van der Waals surface area contributed by atoms with Gasteiger partial charge in [0.2, 0.25) is 0 Å². The van der Waals surface area contributed by atoms with Crippen LogP contribution in [0, 0.1) is 23.7 Å². The molecule has 1 heterocycles. The van der Waals surface area contributed by atoms with Gasteiger partial charge in [0.25, 0.3) is 0 Å². The molecule has 2 nitrogen and oxygen atoms in total. The molecule has 0 N–H and O–H groups in total. The van der Waals surface area contributed by atoms with Crippen LogP contribution in [0.25, 0.3) is 38.6 Å². The number of hydrogen-bond donors (Lipinski definition) is 0. The van der Waals surface area contributed by atoms with E-state index in [2.05, 4.69) is 199 Å². The summed E-state index contributed by atoms with van der Waals surface area (Å²) in [6, 6.07) is 35.1. The Labute approximate surface area is 354 Å². The fraction of sp³-hybridized carbons (Fsp3) is 0.207. The van der Waals surface area contributed by atoms with E-state index in [1.807, 2.05) is 0 Å². The molecule has 11 rings (SSSR count). The summed E-state index contributed by atoms with van der Waals surface area (Å²) < 4.78 is 6.99. The highest BCUT2D eigenvalue weighted by molar-refractivity contribution is 6.15. The van der Waals surface area contributed by atoms with Crippen LogP contribution in [0.1, 0.15) is 50.5 Å². The summed E-state index contributed by atoms with van der Waals surface area (Å²) >= 11 is 0. The highest BCUT2D eigenvalue weighted by Gasteiger charge is 2.33. The van der Waals surface area contributed by atoms with E-state index in [1.54, 1.807) is 0 Å². The van der Waals surface area contributed by atoms with Gasteiger partial charge >= 0.3 is 0 Å². The van der Waals surface area contributed by atoms with Crippen molar-refractivity contribution in [3.8, 4) is 11.1 Å². The van der Waals surface area contributed by atoms with Crippen LogP contribution in [0.5, 0.6) is 0 Å². The van der Waals surface area contributed by atoms with E-state index in [4.69, 9.17) is 4.42 Å². The maximum Gasteiger partial charge on any atom is 0.159 e. The first-order valence-corrected chi connectivity index (χ1v) is 22.2. The van der Waals surface area contributed by atoms with Crippen LogP contribution in [0.15, 0.2) is 227 Å². The van der Waals surface area contributed by atoms with Gasteiger partial charge in [0.05, 0.1) is 11.7 Å². The van der Waals surface area contributed by atoms with Gasteiger partial charge in [-0.1, -0.05) is 176 Å². The summed E-state index contributed by atoms with van der Waals surface area (Å²) in [5.41, 5.74) is 15.4. The number of anilines is 1. The predicted molar refractivity (Wildman–Crippen MR) is 252 cm³/mol. The second kappa shape index (κ2) is 16.0. The molecule has 0 radical (unpaired) electrons. The first-order chi connectivity index (χ1) is 29.8. The molecular weight excluding hydrogens is 727 g/mol. The summed E-state index contributed by atoms with van der Waals surface area (Å²) in [6.07, 6.45) is 46.1. The number of benzene rings is 4. The molecule has 4 aromatic carbocycles. The fourth-order valence-corrected chi connectivity index (χ4v) is 10.8. The quantitative estimate of drug-likeness (QED) is 0.156. The molecule has 5 unspecified atom stereocenters. The van der Waals surface area contributed by atoms with Crippen LogP contribution in [0.4, 0.5) is 5.69 Å². The van der Waals surface area contributed by atoms with Gasteiger partial charge in [-0.15, -0.1) is 0 Å². The summed E-state index contributed by atoms with van der Waals surface area (Å²) in [6.45, 7) is 0. The Balaban J connectivity index is 0.997. The average molecular weight is 778 g/mol. The molecule has 0 saturated carbocycles. The van der Waals surface area contributed by atoms with Gasteiger partial charge in [0.15, 0.2) is 5.58 Å². The monoisotopic (exact) mass is 777 g/mol. The normalized spacial score (nSPS) is 24.6. The molecule has 0 aliphatic heterocycles. The predicted octanol–water partition coefficient (Wildman–Crippen LogP) is 15.2. The van der Waals surface area contributed by atoms with E-state index in [-0.39, 0.29) is 6.04 Å². The van der Waals surface area contributed by atoms with E-state index in [1.165, 1.54) is 55.6 Å². The smallest absolute Gasteiger partial charge is 0.159 e. The van der Waals surface area contributed by atoms with E-state index in [0.29, 0.717) is 23.7 Å². The maximum absolute atomic E-state index is 6.99. The maximum atomic E-state index is 6.99. The number of para-hydroxylation sites is 1. The second-order valence-electron chi connectivity index (χ2n) is 17.2. The average Bonchev–Trinajstić information content (AvgIpc) is 3.72. The highest BCUT2D eigenvalue weighted by Crippen LogP contribution is 2.46. The standard InChI is InChI=1S/C58H51NO/c1-4-16-40(17-5-1)45-33-32-43-22-13-27-51(54(43)39-45)46-23-12-24-48(38-46)59(47-36-34-44(35-37-47)50-26-11-10-25-49(50)41-18-6-2-7-19-41)55-30-14-29-53-57-52(42-20-8-3-9-21-42)28-15-31-56(57)60-58(53)55/h1,3-6,8-22,24-26,28-31,34-36,38-39,46-47,49-51H,2,7,23,27,32-33,37H2. The topological polar surface area (TPSA) is 16.4 Å². The molecule has 1 aromatic heterocycles. The van der Waals surface area contributed by atoms with Gasteiger partial charge in [-0.2, -0.15) is 0 Å². The lowest BCUT2D eigenvalue weighted by atomic mass is 9.72. The zero-order valence-electron chi connectivity index (χ0n) is 34.2. The van der Waals surface area contributed by atoms with Crippen LogP contribution >= 0.6 is 0 Å². The van der Waals surface area contributed by atoms with Crippen molar-refractivity contribution in [1.29, 1.82) is 0 Å². The molecule has 294 valence electrons. The van der Waals surface area contributed by atoms with Crippen LogP contribution < -0.4 is 4.90 Å². The minimum atomic E-state index is 0.117. The Morgan fingerprint density at radius 3 is 2.17 bits per heavy atom. The Morgan fingerprint density at radius 1 is 0.600 bits per heavy atom. The third-order valence-electron chi connectivity index (χ3n) is 13.7. The minimum absolute atomic E-state index is 0.117. The van der Waals surface area contributed by atoms with E-state index >= 15 is 0 Å². The molecular formula is C58H51NO. The SMILES string of the molecule is C1=CC(C2=CCCC=C2)C(C2=CCC(N(C3=CC(C4CC=CC5=C4C=C(c4ccccc4)CC5)CC=C3)c3cccc4c3oc3cccc(-c5ccccc5)c34)C=C2)C=C1. The Bertz CT molecular complexity index is 2810. The highest BCUT2D eigenvalue weighted by atomic mass is 16.3. The molecule has 0 bridgehead atoms. The molecule has 0 fully saturated rings. The van der Waals surface area contributed by atoms with Gasteiger partial charge in [-0.3, -0.25) is 0 Å². The number of fused-ring (bicyclic) bond motifs is 3. The lowest BCUT2D eigenvalue weighted by Crippen LogP contribution is -2.35. The fourth-order valence-electron chi connectivity index (χ4n) is 10.8. The number of rotatable bonds is 8. The summed E-state index contributed by atoms with van der Waals surface area (Å²) in [7, 11) is 0. The van der Waals surface area contributed by atoms with Gasteiger partial charge in [-0.25, -0.2) is 0 Å². The number of allylic oxidation sites excluding steroid dienone is 19. The summed E-state index contributed by atoms with van der Waals surface area (Å²) in [4.78, 5) is 2.60. The largest absolute Gasteiger partial charge is 0.454 e. The molecule has 60 heavy (non-hydrogen) atoms. The lowest BCUT2D eigenvalue weighted by molar-refractivity contribution is 0.452. The number of nitrogens with zero attached hydrogens (tertiary/aromatic N) is 1. The zero-order chi connectivity index (χ0) is 39.8. The Hall–Kier alpha value is -6.38. The number of furan rings is 1. The Kier molecular flexibility index (Phi) is 9.78. The van der Waals surface area contributed by atoms with E-state index in [9.17, 15) is 0 Å². The third kappa shape index (κ3) is 6.79. The number of hydrogen-bond acceptors (Lipinski definition) is 2. The van der Waals surface area contributed by atoms with Crippen LogP contribution in [-0.4, -0.2) is 6.04 Å². The summed E-state index contributed by atoms with van der Waals surface area (Å²) in [5, 5.41) is 2.33. The molecule has 0 saturated heterocycles. The van der Waals surface area contributed by atoms with Crippen molar-refractivity contribution in [1.82, 2.24) is 0 Å². The van der Waals surface area contributed by atoms with Gasteiger partial charge in [0, 0.05) is 28.3 Å². The molecule has 6 aliphatic rings. The molecule has 5 atom stereocenters. The molecule has 0 amide bonds. The van der Waals surface area contributed by atoms with Crippen molar-refractivity contribution in [2.45, 2.75) is 51.0 Å². The first-order valence-electron chi connectivity index (χ1n) is 22.2. The van der Waals surface area contributed by atoms with Crippen molar-refractivity contribution < 1.29 is 4.42 Å². The third-order valence-corrected chi connectivity index (χ3v) is 13.7. The molecule has 5 aromatic rings. The minimum Gasteiger partial charge on any atom is -0.454 e. The van der Waals surface area contributed by atoms with Crippen molar-refractivity contribution in [3.05, 3.63) is 228 Å². The summed E-state index contributed by atoms with van der Waals surface area (Å²) in [5.74, 6) is 1.50. The van der Waals surface area contributed by atoms with Gasteiger partial charge < -0.3 is 9.32 Å². The van der Waals surface area contributed by atoms with Gasteiger partial charge in [-0.05, 0) is 120 Å². The van der Waals surface area contributed by atoms with Crippen molar-refractivity contribution in [2.24, 2.45) is 23.7 Å². The Morgan fingerprint density at radius 2 is 1.38 bits per heavy atom. The van der Waals surface area contributed by atoms with E-state index < -0.39 is 0 Å².